The molecule has 0 unspecified atom stereocenters. The van der Waals surface area contributed by atoms with Crippen LogP contribution in [0.25, 0.3) is 0 Å². The summed E-state index contributed by atoms with van der Waals surface area (Å²) in [5.41, 5.74) is 1.43. The van der Waals surface area contributed by atoms with Gasteiger partial charge in [-0.05, 0) is 23.4 Å². The Hall–Kier alpha value is -0.300. The summed E-state index contributed by atoms with van der Waals surface area (Å²) in [5.74, 6) is 0. The standard InChI is InChI=1S/C7H9S/c1-2-3-7-4-5-8-6-7/h4,6H,2-3H2,1H3. The topological polar surface area (TPSA) is 0 Å². The first-order valence-electron chi connectivity index (χ1n) is 2.87. The molecule has 1 rings (SSSR count). The van der Waals surface area contributed by atoms with E-state index in [2.05, 4.69) is 23.8 Å². The number of thiophene rings is 1. The molecule has 0 aliphatic heterocycles. The van der Waals surface area contributed by atoms with Crippen LogP contribution in [0.4, 0.5) is 0 Å². The third-order valence-corrected chi connectivity index (χ3v) is 1.74. The van der Waals surface area contributed by atoms with E-state index in [1.54, 1.807) is 11.3 Å². The summed E-state index contributed by atoms with van der Waals surface area (Å²) >= 11 is 1.65. The first-order valence-corrected chi connectivity index (χ1v) is 3.75. The van der Waals surface area contributed by atoms with E-state index in [1.807, 2.05) is 0 Å². The lowest BCUT2D eigenvalue weighted by Gasteiger charge is -1.86. The van der Waals surface area contributed by atoms with Crippen molar-refractivity contribution in [3.05, 3.63) is 22.4 Å². The molecule has 8 heavy (non-hydrogen) atoms. The van der Waals surface area contributed by atoms with Crippen molar-refractivity contribution in [1.82, 2.24) is 0 Å². The number of hydrogen-bond donors (Lipinski definition) is 0. The van der Waals surface area contributed by atoms with Crippen LogP contribution in [-0.2, 0) is 6.42 Å². The normalized spacial score (nSPS) is 9.62. The van der Waals surface area contributed by atoms with Gasteiger partial charge in [0.25, 0.3) is 0 Å². The molecule has 0 atom stereocenters. The summed E-state index contributed by atoms with van der Waals surface area (Å²) < 4.78 is 0. The molecular weight excluding hydrogens is 116 g/mol. The fourth-order valence-corrected chi connectivity index (χ4v) is 1.30. The van der Waals surface area contributed by atoms with Gasteiger partial charge in [-0.2, -0.15) is 0 Å². The molecule has 1 aromatic heterocycles. The minimum Gasteiger partial charge on any atom is -0.143 e. The monoisotopic (exact) mass is 125 g/mol. The number of rotatable bonds is 2. The minimum absolute atomic E-state index is 1.21. The van der Waals surface area contributed by atoms with Gasteiger partial charge in [0, 0.05) is 5.38 Å². The Balaban J connectivity index is 2.50. The van der Waals surface area contributed by atoms with Gasteiger partial charge in [0.1, 0.15) is 0 Å². The van der Waals surface area contributed by atoms with Crippen molar-refractivity contribution < 1.29 is 0 Å². The quantitative estimate of drug-likeness (QED) is 0.569. The lowest BCUT2D eigenvalue weighted by Crippen LogP contribution is -1.73. The van der Waals surface area contributed by atoms with Gasteiger partial charge in [-0.1, -0.05) is 13.3 Å². The number of aryl methyl sites for hydroxylation is 1. The van der Waals surface area contributed by atoms with Gasteiger partial charge in [-0.15, -0.1) is 11.3 Å². The molecule has 0 spiro atoms. The molecule has 0 saturated carbocycles. The lowest BCUT2D eigenvalue weighted by molar-refractivity contribution is 0.926. The Morgan fingerprint density at radius 1 is 1.75 bits per heavy atom. The van der Waals surface area contributed by atoms with Gasteiger partial charge in [0.05, 0.1) is 0 Å². The third kappa shape index (κ3) is 1.34. The van der Waals surface area contributed by atoms with Crippen LogP contribution in [0.2, 0.25) is 0 Å². The molecule has 0 amide bonds. The number of hydrogen-bond acceptors (Lipinski definition) is 1. The second kappa shape index (κ2) is 2.88. The predicted octanol–water partition coefficient (Wildman–Crippen LogP) is 2.50. The Kier molecular flexibility index (Phi) is 2.10. The van der Waals surface area contributed by atoms with E-state index in [9.17, 15) is 0 Å². The van der Waals surface area contributed by atoms with Gasteiger partial charge >= 0.3 is 0 Å². The molecule has 1 heteroatoms. The highest BCUT2D eigenvalue weighted by atomic mass is 32.1. The summed E-state index contributed by atoms with van der Waals surface area (Å²) in [6.45, 7) is 2.19. The molecule has 1 heterocycles. The average molecular weight is 125 g/mol. The molecule has 0 saturated heterocycles. The lowest BCUT2D eigenvalue weighted by atomic mass is 10.2. The molecule has 0 aliphatic carbocycles. The highest BCUT2D eigenvalue weighted by Crippen LogP contribution is 2.06. The summed E-state index contributed by atoms with van der Waals surface area (Å²) in [6.07, 6.45) is 2.45. The van der Waals surface area contributed by atoms with Gasteiger partial charge in [0.2, 0.25) is 0 Å². The van der Waals surface area contributed by atoms with Gasteiger partial charge in [0.15, 0.2) is 0 Å². The average Bonchev–Trinajstić information content (AvgIpc) is 2.19. The summed E-state index contributed by atoms with van der Waals surface area (Å²) in [7, 11) is 0. The van der Waals surface area contributed by atoms with Crippen molar-refractivity contribution in [3.63, 3.8) is 0 Å². The SMILES string of the molecule is CCCc1c[c]sc1. The van der Waals surface area contributed by atoms with Gasteiger partial charge < -0.3 is 0 Å². The van der Waals surface area contributed by atoms with Crippen LogP contribution in [0, 0.1) is 5.38 Å². The zero-order chi connectivity index (χ0) is 5.82. The van der Waals surface area contributed by atoms with E-state index in [1.165, 1.54) is 18.4 Å². The smallest absolute Gasteiger partial charge is 0.0445 e. The van der Waals surface area contributed by atoms with Crippen molar-refractivity contribution in [2.75, 3.05) is 0 Å². The fourth-order valence-electron chi connectivity index (χ4n) is 0.673. The molecule has 0 aliphatic rings. The first-order chi connectivity index (χ1) is 3.93. The first kappa shape index (κ1) is 5.83. The van der Waals surface area contributed by atoms with E-state index in [0.717, 1.165) is 0 Å². The van der Waals surface area contributed by atoms with Crippen molar-refractivity contribution in [1.29, 1.82) is 0 Å². The van der Waals surface area contributed by atoms with Crippen LogP contribution in [0.1, 0.15) is 18.9 Å². The van der Waals surface area contributed by atoms with E-state index in [0.29, 0.717) is 0 Å². The Labute approximate surface area is 54.2 Å². The maximum Gasteiger partial charge on any atom is 0.0445 e. The maximum absolute atomic E-state index is 3.06. The maximum atomic E-state index is 3.06. The zero-order valence-electron chi connectivity index (χ0n) is 4.98. The van der Waals surface area contributed by atoms with E-state index in [4.69, 9.17) is 0 Å². The highest BCUT2D eigenvalue weighted by Gasteiger charge is 1.87. The van der Waals surface area contributed by atoms with Crippen molar-refractivity contribution in [2.45, 2.75) is 19.8 Å². The van der Waals surface area contributed by atoms with Crippen molar-refractivity contribution in [2.24, 2.45) is 0 Å². The molecule has 0 fully saturated rings. The molecule has 0 bridgehead atoms. The molecule has 0 N–H and O–H groups in total. The Morgan fingerprint density at radius 3 is 3.12 bits per heavy atom. The summed E-state index contributed by atoms with van der Waals surface area (Å²) in [6, 6.07) is 2.06. The minimum atomic E-state index is 1.21. The van der Waals surface area contributed by atoms with E-state index >= 15 is 0 Å². The predicted molar refractivity (Wildman–Crippen MR) is 37.2 cm³/mol. The zero-order valence-corrected chi connectivity index (χ0v) is 5.79. The molecular formula is C7H9S. The van der Waals surface area contributed by atoms with Crippen LogP contribution in [0.5, 0.6) is 0 Å². The van der Waals surface area contributed by atoms with Crippen molar-refractivity contribution >= 4 is 11.3 Å². The molecule has 43 valence electrons. The van der Waals surface area contributed by atoms with E-state index in [-0.39, 0.29) is 0 Å². The second-order valence-electron chi connectivity index (χ2n) is 1.82. The second-order valence-corrected chi connectivity index (χ2v) is 2.53. The molecule has 1 radical (unpaired) electrons. The van der Waals surface area contributed by atoms with Crippen LogP contribution < -0.4 is 0 Å². The van der Waals surface area contributed by atoms with Gasteiger partial charge in [-0.25, -0.2) is 0 Å². The fraction of sp³-hybridized carbons (Fsp3) is 0.429. The molecule has 0 aromatic carbocycles. The van der Waals surface area contributed by atoms with Crippen LogP contribution in [0.3, 0.4) is 0 Å². The van der Waals surface area contributed by atoms with E-state index < -0.39 is 0 Å². The summed E-state index contributed by atoms with van der Waals surface area (Å²) in [4.78, 5) is 0. The Morgan fingerprint density at radius 2 is 2.62 bits per heavy atom. The van der Waals surface area contributed by atoms with Crippen molar-refractivity contribution in [3.8, 4) is 0 Å². The molecule has 0 nitrogen and oxygen atoms in total. The van der Waals surface area contributed by atoms with Crippen LogP contribution in [-0.4, -0.2) is 0 Å². The Bertz CT molecular complexity index is 130. The highest BCUT2D eigenvalue weighted by molar-refractivity contribution is 7.07. The van der Waals surface area contributed by atoms with Crippen LogP contribution >= 0.6 is 11.3 Å². The largest absolute Gasteiger partial charge is 0.143 e. The van der Waals surface area contributed by atoms with Gasteiger partial charge in [-0.3, -0.25) is 0 Å². The molecule has 1 aromatic rings. The summed E-state index contributed by atoms with van der Waals surface area (Å²) in [5, 5.41) is 5.21. The van der Waals surface area contributed by atoms with Crippen LogP contribution in [0.15, 0.2) is 11.4 Å². The third-order valence-electron chi connectivity index (χ3n) is 1.06.